The van der Waals surface area contributed by atoms with Gasteiger partial charge in [-0.15, -0.1) is 0 Å². The molecular weight excluding hydrogens is 328 g/mol. The van der Waals surface area contributed by atoms with Crippen LogP contribution in [0, 0.1) is 11.3 Å². The van der Waals surface area contributed by atoms with Crippen molar-refractivity contribution in [3.8, 4) is 11.5 Å². The van der Waals surface area contributed by atoms with Crippen LogP contribution in [0.1, 0.15) is 36.9 Å². The van der Waals surface area contributed by atoms with Crippen molar-refractivity contribution < 1.29 is 9.90 Å². The lowest BCUT2D eigenvalue weighted by Gasteiger charge is -2.34. The van der Waals surface area contributed by atoms with Crippen LogP contribution in [0.4, 0.5) is 5.82 Å². The number of aromatic nitrogens is 3. The predicted molar refractivity (Wildman–Crippen MR) is 96.9 cm³/mol. The Bertz CT molecular complexity index is 860. The van der Waals surface area contributed by atoms with Gasteiger partial charge >= 0.3 is 5.97 Å². The first-order chi connectivity index (χ1) is 12.7. The van der Waals surface area contributed by atoms with Crippen LogP contribution in [-0.2, 0) is 17.6 Å². The van der Waals surface area contributed by atoms with E-state index in [9.17, 15) is 9.90 Å². The Morgan fingerprint density at radius 1 is 1.19 bits per heavy atom. The second-order valence-electron chi connectivity index (χ2n) is 7.81. The van der Waals surface area contributed by atoms with E-state index in [1.54, 1.807) is 6.20 Å². The van der Waals surface area contributed by atoms with Crippen LogP contribution in [-0.4, -0.2) is 39.1 Å². The highest BCUT2D eigenvalue weighted by atomic mass is 16.4. The van der Waals surface area contributed by atoms with Crippen LogP contribution in [0.2, 0.25) is 0 Å². The minimum Gasteiger partial charge on any atom is -0.481 e. The van der Waals surface area contributed by atoms with Crippen LogP contribution in [0.3, 0.4) is 0 Å². The van der Waals surface area contributed by atoms with Gasteiger partial charge in [-0.1, -0.05) is 6.07 Å². The molecule has 134 valence electrons. The van der Waals surface area contributed by atoms with E-state index in [0.717, 1.165) is 68.8 Å². The molecule has 2 aromatic heterocycles. The number of pyridine rings is 1. The first kappa shape index (κ1) is 15.7. The molecule has 2 aromatic rings. The molecule has 0 amide bonds. The standard InChI is InChI=1S/C20H22N4O2/c25-19(26)14-12-20(14)7-10-24(11-8-20)18-13-4-3-6-15(13)22-17(23-18)16-5-1-2-9-21-16/h1-2,5,9,14H,3-4,6-8,10-12H2,(H,25,26). The average molecular weight is 350 g/mol. The summed E-state index contributed by atoms with van der Waals surface area (Å²) in [6, 6.07) is 5.81. The monoisotopic (exact) mass is 350 g/mol. The molecule has 0 aromatic carbocycles. The lowest BCUT2D eigenvalue weighted by atomic mass is 9.90. The number of aryl methyl sites for hydroxylation is 1. The van der Waals surface area contributed by atoms with Gasteiger partial charge in [0.25, 0.3) is 0 Å². The lowest BCUT2D eigenvalue weighted by molar-refractivity contribution is -0.139. The summed E-state index contributed by atoms with van der Waals surface area (Å²) in [6.45, 7) is 1.77. The van der Waals surface area contributed by atoms with E-state index in [4.69, 9.17) is 9.97 Å². The summed E-state index contributed by atoms with van der Waals surface area (Å²) in [5.41, 5.74) is 3.30. The van der Waals surface area contributed by atoms with Crippen molar-refractivity contribution in [1.82, 2.24) is 15.0 Å². The molecule has 1 aliphatic heterocycles. The maximum absolute atomic E-state index is 11.3. The Kier molecular flexibility index (Phi) is 3.48. The van der Waals surface area contributed by atoms with Crippen LogP contribution in [0.5, 0.6) is 0 Å². The highest BCUT2D eigenvalue weighted by molar-refractivity contribution is 5.75. The zero-order chi connectivity index (χ0) is 17.7. The van der Waals surface area contributed by atoms with Gasteiger partial charge in [0, 0.05) is 30.5 Å². The molecule has 6 nitrogen and oxygen atoms in total. The smallest absolute Gasteiger partial charge is 0.307 e. The van der Waals surface area contributed by atoms with Crippen molar-refractivity contribution >= 4 is 11.8 Å². The van der Waals surface area contributed by atoms with E-state index < -0.39 is 5.97 Å². The maximum atomic E-state index is 11.3. The van der Waals surface area contributed by atoms with Crippen LogP contribution >= 0.6 is 0 Å². The summed E-state index contributed by atoms with van der Waals surface area (Å²) >= 11 is 0. The third-order valence-electron chi connectivity index (χ3n) is 6.35. The molecular formula is C20H22N4O2. The molecule has 26 heavy (non-hydrogen) atoms. The van der Waals surface area contributed by atoms with E-state index in [-0.39, 0.29) is 11.3 Å². The number of aliphatic carboxylic acids is 1. The number of fused-ring (bicyclic) bond motifs is 1. The van der Waals surface area contributed by atoms with Crippen molar-refractivity contribution in [3.05, 3.63) is 35.7 Å². The summed E-state index contributed by atoms with van der Waals surface area (Å²) in [6.07, 6.45) is 7.67. The average Bonchev–Trinajstić information content (AvgIpc) is 3.16. The minimum atomic E-state index is -0.626. The van der Waals surface area contributed by atoms with E-state index >= 15 is 0 Å². The SMILES string of the molecule is O=C(O)C1CC12CCN(c1nc(-c3ccccn3)nc3c1CCC3)CC2. The largest absolute Gasteiger partial charge is 0.481 e. The molecule has 1 unspecified atom stereocenters. The zero-order valence-corrected chi connectivity index (χ0v) is 14.7. The van der Waals surface area contributed by atoms with Gasteiger partial charge in [0.2, 0.25) is 0 Å². The number of piperidine rings is 1. The molecule has 1 saturated heterocycles. The predicted octanol–water partition coefficient (Wildman–Crippen LogP) is 2.72. The Hall–Kier alpha value is -2.50. The molecule has 1 saturated carbocycles. The molecule has 3 aliphatic rings. The first-order valence-corrected chi connectivity index (χ1v) is 9.45. The van der Waals surface area contributed by atoms with Crippen molar-refractivity contribution in [2.24, 2.45) is 11.3 Å². The van der Waals surface area contributed by atoms with Crippen molar-refractivity contribution in [1.29, 1.82) is 0 Å². The second-order valence-corrected chi connectivity index (χ2v) is 7.81. The summed E-state index contributed by atoms with van der Waals surface area (Å²) in [7, 11) is 0. The summed E-state index contributed by atoms with van der Waals surface area (Å²) in [5, 5.41) is 9.30. The molecule has 0 radical (unpaired) electrons. The highest BCUT2D eigenvalue weighted by Crippen LogP contribution is 2.59. The molecule has 1 N–H and O–H groups in total. The third-order valence-corrected chi connectivity index (χ3v) is 6.35. The fourth-order valence-electron chi connectivity index (χ4n) is 4.70. The molecule has 2 fully saturated rings. The van der Waals surface area contributed by atoms with Crippen LogP contribution in [0.15, 0.2) is 24.4 Å². The Labute approximate surface area is 152 Å². The number of carboxylic acid groups (broad SMARTS) is 1. The molecule has 1 atom stereocenters. The van der Waals surface area contributed by atoms with Gasteiger partial charge in [0.05, 0.1) is 5.92 Å². The maximum Gasteiger partial charge on any atom is 0.307 e. The number of hydrogen-bond acceptors (Lipinski definition) is 5. The fraction of sp³-hybridized carbons (Fsp3) is 0.500. The van der Waals surface area contributed by atoms with E-state index in [2.05, 4.69) is 9.88 Å². The molecule has 2 aliphatic carbocycles. The number of carboxylic acids is 1. The number of anilines is 1. The van der Waals surface area contributed by atoms with Gasteiger partial charge in [-0.2, -0.15) is 0 Å². The van der Waals surface area contributed by atoms with Gasteiger partial charge in [-0.3, -0.25) is 9.78 Å². The van der Waals surface area contributed by atoms with Crippen LogP contribution in [0.25, 0.3) is 11.5 Å². The molecule has 0 bridgehead atoms. The number of carbonyl (C=O) groups is 1. The second kappa shape index (κ2) is 5.76. The Morgan fingerprint density at radius 2 is 2.04 bits per heavy atom. The molecule has 5 rings (SSSR count). The summed E-state index contributed by atoms with van der Waals surface area (Å²) in [5.74, 6) is 0.996. The van der Waals surface area contributed by atoms with Gasteiger partial charge in [-0.25, -0.2) is 9.97 Å². The van der Waals surface area contributed by atoms with Gasteiger partial charge in [-0.05, 0) is 56.1 Å². The van der Waals surface area contributed by atoms with E-state index in [0.29, 0.717) is 5.82 Å². The fourth-order valence-corrected chi connectivity index (χ4v) is 4.70. The third kappa shape index (κ3) is 2.47. The number of nitrogens with zero attached hydrogens (tertiary/aromatic N) is 4. The normalized spacial score (nSPS) is 23.1. The van der Waals surface area contributed by atoms with Gasteiger partial charge in [0.1, 0.15) is 11.5 Å². The van der Waals surface area contributed by atoms with Gasteiger partial charge < -0.3 is 10.0 Å². The molecule has 1 spiro atoms. The number of hydrogen-bond donors (Lipinski definition) is 1. The first-order valence-electron chi connectivity index (χ1n) is 9.45. The van der Waals surface area contributed by atoms with Crippen LogP contribution < -0.4 is 4.90 Å². The number of rotatable bonds is 3. The van der Waals surface area contributed by atoms with Crippen molar-refractivity contribution in [2.75, 3.05) is 18.0 Å². The topological polar surface area (TPSA) is 79.2 Å². The van der Waals surface area contributed by atoms with Crippen molar-refractivity contribution in [3.63, 3.8) is 0 Å². The summed E-state index contributed by atoms with van der Waals surface area (Å²) < 4.78 is 0. The minimum absolute atomic E-state index is 0.0440. The zero-order valence-electron chi connectivity index (χ0n) is 14.7. The van der Waals surface area contributed by atoms with E-state index in [1.807, 2.05) is 18.2 Å². The van der Waals surface area contributed by atoms with E-state index in [1.165, 1.54) is 5.56 Å². The lowest BCUT2D eigenvalue weighted by Crippen LogP contribution is -2.37. The van der Waals surface area contributed by atoms with Gasteiger partial charge in [0.15, 0.2) is 5.82 Å². The molecule has 6 heteroatoms. The summed E-state index contributed by atoms with van der Waals surface area (Å²) in [4.78, 5) is 27.7. The Morgan fingerprint density at radius 3 is 2.73 bits per heavy atom. The van der Waals surface area contributed by atoms with Crippen molar-refractivity contribution in [2.45, 2.75) is 38.5 Å². The quantitative estimate of drug-likeness (QED) is 0.917. The highest BCUT2D eigenvalue weighted by Gasteiger charge is 2.59. The molecule has 3 heterocycles. The Balaban J connectivity index is 1.44.